The van der Waals surface area contributed by atoms with Crippen LogP contribution in [0, 0.1) is 12.8 Å². The van der Waals surface area contributed by atoms with Crippen molar-refractivity contribution in [3.05, 3.63) is 40.5 Å². The minimum atomic E-state index is -0.408. The van der Waals surface area contributed by atoms with Gasteiger partial charge in [0.05, 0.1) is 32.3 Å². The number of aldehydes is 1. The molecule has 0 fully saturated rings. The van der Waals surface area contributed by atoms with Crippen molar-refractivity contribution in [1.82, 2.24) is 0 Å². The average Bonchev–Trinajstić information content (AvgIpc) is 3.17. The van der Waals surface area contributed by atoms with Crippen molar-refractivity contribution in [2.24, 2.45) is 5.92 Å². The molecule has 0 amide bonds. The minimum Gasteiger partial charge on any atom is -0.495 e. The van der Waals surface area contributed by atoms with Gasteiger partial charge < -0.3 is 23.7 Å². The second-order valence-corrected chi connectivity index (χ2v) is 6.69. The van der Waals surface area contributed by atoms with E-state index in [-0.39, 0.29) is 30.5 Å². The lowest BCUT2D eigenvalue weighted by atomic mass is 9.86. The molecule has 7 heteroatoms. The Morgan fingerprint density at radius 3 is 2.57 bits per heavy atom. The number of ether oxygens (including phenoxy) is 5. The van der Waals surface area contributed by atoms with Gasteiger partial charge in [-0.3, -0.25) is 9.59 Å². The predicted octanol–water partition coefficient (Wildman–Crippen LogP) is 2.99. The molecule has 28 heavy (non-hydrogen) atoms. The minimum absolute atomic E-state index is 0.121. The van der Waals surface area contributed by atoms with Crippen LogP contribution in [0.1, 0.15) is 31.8 Å². The molecule has 1 unspecified atom stereocenters. The van der Waals surface area contributed by atoms with Gasteiger partial charge in [0.1, 0.15) is 22.8 Å². The molecule has 7 nitrogen and oxygen atoms in total. The van der Waals surface area contributed by atoms with Crippen molar-refractivity contribution < 1.29 is 33.3 Å². The monoisotopic (exact) mass is 384 g/mol. The van der Waals surface area contributed by atoms with Crippen LogP contribution in [0.25, 0.3) is 0 Å². The molecule has 2 heterocycles. The van der Waals surface area contributed by atoms with Gasteiger partial charge in [-0.1, -0.05) is 6.07 Å². The summed E-state index contributed by atoms with van der Waals surface area (Å²) < 4.78 is 27.4. The quantitative estimate of drug-likeness (QED) is 0.733. The first-order chi connectivity index (χ1) is 13.6. The second kappa shape index (κ2) is 7.07. The zero-order valence-corrected chi connectivity index (χ0v) is 15.9. The average molecular weight is 384 g/mol. The van der Waals surface area contributed by atoms with E-state index in [0.29, 0.717) is 46.8 Å². The van der Waals surface area contributed by atoms with Crippen LogP contribution < -0.4 is 23.7 Å². The predicted molar refractivity (Wildman–Crippen MR) is 99.3 cm³/mol. The number of ketones is 1. The zero-order valence-electron chi connectivity index (χ0n) is 15.9. The summed E-state index contributed by atoms with van der Waals surface area (Å²) in [6, 6.07) is 5.61. The van der Waals surface area contributed by atoms with Crippen LogP contribution in [-0.2, 0) is 6.42 Å². The number of benzene rings is 2. The SMILES string of the molecule is COc1c(C)c(OC)c2c(c1C=O)OCC(Cc1ccc3c(c1)OCO3)C2=O. The van der Waals surface area contributed by atoms with Gasteiger partial charge in [0.25, 0.3) is 0 Å². The molecule has 2 aliphatic heterocycles. The van der Waals surface area contributed by atoms with E-state index in [0.717, 1.165) is 5.56 Å². The Morgan fingerprint density at radius 1 is 1.11 bits per heavy atom. The van der Waals surface area contributed by atoms with Crippen molar-refractivity contribution in [3.8, 4) is 28.7 Å². The summed E-state index contributed by atoms with van der Waals surface area (Å²) in [5, 5.41) is 0. The van der Waals surface area contributed by atoms with Crippen LogP contribution in [0.5, 0.6) is 28.7 Å². The van der Waals surface area contributed by atoms with Crippen molar-refractivity contribution in [3.63, 3.8) is 0 Å². The van der Waals surface area contributed by atoms with E-state index in [9.17, 15) is 9.59 Å². The van der Waals surface area contributed by atoms with Crippen LogP contribution in [0.3, 0.4) is 0 Å². The topological polar surface area (TPSA) is 80.3 Å². The van der Waals surface area contributed by atoms with E-state index < -0.39 is 5.92 Å². The Morgan fingerprint density at radius 2 is 1.86 bits per heavy atom. The maximum atomic E-state index is 13.3. The Balaban J connectivity index is 1.72. The van der Waals surface area contributed by atoms with E-state index in [2.05, 4.69) is 0 Å². The van der Waals surface area contributed by atoms with Crippen LogP contribution in [0.15, 0.2) is 18.2 Å². The summed E-state index contributed by atoms with van der Waals surface area (Å²) in [7, 11) is 2.95. The number of rotatable bonds is 5. The molecule has 0 aromatic heterocycles. The molecule has 146 valence electrons. The summed E-state index contributed by atoms with van der Waals surface area (Å²) in [6.45, 7) is 2.11. The van der Waals surface area contributed by atoms with Gasteiger partial charge in [0.15, 0.2) is 23.6 Å². The zero-order chi connectivity index (χ0) is 19.8. The van der Waals surface area contributed by atoms with E-state index in [1.165, 1.54) is 14.2 Å². The third-order valence-corrected chi connectivity index (χ3v) is 5.12. The first-order valence-electron chi connectivity index (χ1n) is 8.88. The number of hydrogen-bond donors (Lipinski definition) is 0. The number of carbonyl (C=O) groups excluding carboxylic acids is 2. The van der Waals surface area contributed by atoms with Crippen LogP contribution >= 0.6 is 0 Å². The molecular weight excluding hydrogens is 364 g/mol. The number of fused-ring (bicyclic) bond motifs is 2. The third-order valence-electron chi connectivity index (χ3n) is 5.12. The van der Waals surface area contributed by atoms with E-state index in [1.807, 2.05) is 18.2 Å². The molecule has 0 radical (unpaired) electrons. The normalized spacial score (nSPS) is 17.0. The number of carbonyl (C=O) groups is 2. The largest absolute Gasteiger partial charge is 0.495 e. The third kappa shape index (κ3) is 2.74. The number of hydrogen-bond acceptors (Lipinski definition) is 7. The van der Waals surface area contributed by atoms with Crippen molar-refractivity contribution in [2.45, 2.75) is 13.3 Å². The number of Topliss-reactive ketones (excluding diaryl/α,β-unsaturated/α-hetero) is 1. The van der Waals surface area contributed by atoms with Gasteiger partial charge in [-0.2, -0.15) is 0 Å². The summed E-state index contributed by atoms with van der Waals surface area (Å²) in [5.41, 5.74) is 2.05. The smallest absolute Gasteiger partial charge is 0.231 e. The highest BCUT2D eigenvalue weighted by Crippen LogP contribution is 2.46. The Hall–Kier alpha value is -3.22. The molecule has 0 saturated carbocycles. The molecule has 2 aliphatic rings. The molecular formula is C21H20O7. The van der Waals surface area contributed by atoms with E-state index >= 15 is 0 Å². The van der Waals surface area contributed by atoms with Gasteiger partial charge in [0.2, 0.25) is 6.79 Å². The Labute approximate surface area is 162 Å². The maximum absolute atomic E-state index is 13.3. The summed E-state index contributed by atoms with van der Waals surface area (Å²) in [5.74, 6) is 1.79. The van der Waals surface area contributed by atoms with E-state index in [1.54, 1.807) is 6.92 Å². The fourth-order valence-corrected chi connectivity index (χ4v) is 3.80. The van der Waals surface area contributed by atoms with Gasteiger partial charge in [0, 0.05) is 5.56 Å². The van der Waals surface area contributed by atoms with Gasteiger partial charge in [-0.25, -0.2) is 0 Å². The first-order valence-corrected chi connectivity index (χ1v) is 8.88. The van der Waals surface area contributed by atoms with Crippen LogP contribution in [-0.4, -0.2) is 39.7 Å². The molecule has 0 saturated heterocycles. The molecule has 0 aliphatic carbocycles. The Bertz CT molecular complexity index is 964. The molecule has 0 bridgehead atoms. The fraction of sp³-hybridized carbons (Fsp3) is 0.333. The summed E-state index contributed by atoms with van der Waals surface area (Å²) in [6.07, 6.45) is 1.12. The van der Waals surface area contributed by atoms with Crippen LogP contribution in [0.4, 0.5) is 0 Å². The first kappa shape index (κ1) is 18.2. The van der Waals surface area contributed by atoms with Gasteiger partial charge in [-0.05, 0) is 31.0 Å². The van der Waals surface area contributed by atoms with Crippen molar-refractivity contribution >= 4 is 12.1 Å². The summed E-state index contributed by atoms with van der Waals surface area (Å²) >= 11 is 0. The lowest BCUT2D eigenvalue weighted by molar-refractivity contribution is 0.0823. The highest BCUT2D eigenvalue weighted by Gasteiger charge is 2.37. The van der Waals surface area contributed by atoms with Gasteiger partial charge >= 0.3 is 0 Å². The molecule has 0 N–H and O–H groups in total. The Kier molecular flexibility index (Phi) is 4.58. The molecule has 1 atom stereocenters. The lowest BCUT2D eigenvalue weighted by Crippen LogP contribution is -2.31. The van der Waals surface area contributed by atoms with E-state index in [4.69, 9.17) is 23.7 Å². The lowest BCUT2D eigenvalue weighted by Gasteiger charge is -2.28. The highest BCUT2D eigenvalue weighted by molar-refractivity contribution is 6.07. The summed E-state index contributed by atoms with van der Waals surface area (Å²) in [4.78, 5) is 24.9. The maximum Gasteiger partial charge on any atom is 0.231 e. The number of methoxy groups -OCH3 is 2. The fourth-order valence-electron chi connectivity index (χ4n) is 3.80. The molecule has 4 rings (SSSR count). The molecule has 0 spiro atoms. The van der Waals surface area contributed by atoms with Crippen molar-refractivity contribution in [1.29, 1.82) is 0 Å². The van der Waals surface area contributed by atoms with Crippen molar-refractivity contribution in [2.75, 3.05) is 27.6 Å². The van der Waals surface area contributed by atoms with Gasteiger partial charge in [-0.15, -0.1) is 0 Å². The molecule has 2 aromatic rings. The molecule has 2 aromatic carbocycles. The highest BCUT2D eigenvalue weighted by atomic mass is 16.7. The standard InChI is InChI=1S/C21H20O7/c1-11-19(24-2)14(8-22)21-17(20(11)25-3)18(23)13(9-26-21)6-12-4-5-15-16(7-12)28-10-27-15/h4-5,7-8,13H,6,9-10H2,1-3H3. The van der Waals surface area contributed by atoms with Crippen LogP contribution in [0.2, 0.25) is 0 Å². The second-order valence-electron chi connectivity index (χ2n) is 6.69.